The molecule has 0 atom stereocenters. The first-order valence-electron chi connectivity index (χ1n) is 10.2. The Morgan fingerprint density at radius 1 is 0.971 bits per heavy atom. The van der Waals surface area contributed by atoms with Gasteiger partial charge in [-0.1, -0.05) is 35.3 Å². The van der Waals surface area contributed by atoms with Crippen molar-refractivity contribution in [3.63, 3.8) is 0 Å². The normalized spacial score (nSPS) is 14.8. The maximum Gasteiger partial charge on any atom is 0.335 e. The van der Waals surface area contributed by atoms with Crippen LogP contribution in [-0.2, 0) is 16.2 Å². The van der Waals surface area contributed by atoms with Gasteiger partial charge in [0.05, 0.1) is 16.4 Å². The Morgan fingerprint density at radius 2 is 1.60 bits per heavy atom. The Hall–Kier alpha value is -3.08. The predicted molar refractivity (Wildman–Crippen MR) is 142 cm³/mol. The van der Waals surface area contributed by atoms with E-state index in [1.165, 1.54) is 25.3 Å². The van der Waals surface area contributed by atoms with Crippen LogP contribution in [0.4, 0.5) is 10.5 Å². The van der Waals surface area contributed by atoms with E-state index in [2.05, 4.69) is 27.9 Å². The molecule has 3 aromatic carbocycles. The van der Waals surface area contributed by atoms with Crippen LogP contribution in [0.15, 0.2) is 66.2 Å². The Morgan fingerprint density at radius 3 is 2.23 bits per heavy atom. The van der Waals surface area contributed by atoms with E-state index >= 15 is 0 Å². The summed E-state index contributed by atoms with van der Waals surface area (Å²) in [5.41, 5.74) is 1.53. The molecule has 4 amide bonds. The van der Waals surface area contributed by atoms with Gasteiger partial charge in [-0.15, -0.1) is 0 Å². The van der Waals surface area contributed by atoms with E-state index in [0.29, 0.717) is 37.3 Å². The van der Waals surface area contributed by atoms with E-state index in [1.807, 2.05) is 12.1 Å². The highest BCUT2D eigenvalue weighted by Gasteiger charge is 2.36. The van der Waals surface area contributed by atoms with Crippen LogP contribution >= 0.6 is 45.8 Å². The first kappa shape index (κ1) is 25.0. The Balaban J connectivity index is 1.63. The molecule has 1 saturated heterocycles. The second kappa shape index (κ2) is 10.7. The number of nitrogens with one attached hydrogen (secondary N) is 1. The van der Waals surface area contributed by atoms with Crippen molar-refractivity contribution < 1.29 is 23.9 Å². The minimum atomic E-state index is -0.836. The van der Waals surface area contributed by atoms with Gasteiger partial charge in [-0.05, 0) is 88.3 Å². The average Bonchev–Trinajstić information content (AvgIpc) is 2.83. The third-order valence-electron chi connectivity index (χ3n) is 5.05. The molecule has 3 aromatic rings. The number of carbonyl (C=O) groups is 3. The third-order valence-corrected chi connectivity index (χ3v) is 6.35. The number of ether oxygens (including phenoxy) is 2. The lowest BCUT2D eigenvalue weighted by Gasteiger charge is -2.26. The van der Waals surface area contributed by atoms with Crippen LogP contribution in [0.25, 0.3) is 6.08 Å². The van der Waals surface area contributed by atoms with Crippen LogP contribution in [0.3, 0.4) is 0 Å². The lowest BCUT2D eigenvalue weighted by molar-refractivity contribution is -0.122. The van der Waals surface area contributed by atoms with E-state index in [0.717, 1.165) is 10.5 Å². The summed E-state index contributed by atoms with van der Waals surface area (Å²) >= 11 is 13.9. The van der Waals surface area contributed by atoms with Gasteiger partial charge in [0, 0.05) is 10.0 Å². The van der Waals surface area contributed by atoms with Crippen LogP contribution in [0.2, 0.25) is 10.0 Å². The molecular weight excluding hydrogens is 606 g/mol. The van der Waals surface area contributed by atoms with E-state index < -0.39 is 17.8 Å². The van der Waals surface area contributed by atoms with Crippen molar-refractivity contribution in [1.29, 1.82) is 0 Å². The summed E-state index contributed by atoms with van der Waals surface area (Å²) in [6, 6.07) is 16.0. The second-order valence-electron chi connectivity index (χ2n) is 7.38. The zero-order valence-electron chi connectivity index (χ0n) is 18.2. The number of barbiturate groups is 1. The summed E-state index contributed by atoms with van der Waals surface area (Å²) in [5, 5.41) is 3.28. The molecule has 0 bridgehead atoms. The number of amides is 4. The summed E-state index contributed by atoms with van der Waals surface area (Å²) in [4.78, 5) is 38.9. The van der Waals surface area contributed by atoms with Crippen molar-refractivity contribution in [2.45, 2.75) is 6.61 Å². The molecule has 7 nitrogen and oxygen atoms in total. The number of nitrogens with zero attached hydrogens (tertiary/aromatic N) is 1. The predicted octanol–water partition coefficient (Wildman–Crippen LogP) is 5.85. The summed E-state index contributed by atoms with van der Waals surface area (Å²) in [7, 11) is 1.50. The van der Waals surface area contributed by atoms with E-state index in [-0.39, 0.29) is 11.3 Å². The molecule has 4 rings (SSSR count). The number of anilines is 1. The van der Waals surface area contributed by atoms with Crippen molar-refractivity contribution in [2.75, 3.05) is 12.0 Å². The number of carbonyl (C=O) groups excluding carboxylic acids is 3. The fourth-order valence-corrected chi connectivity index (χ4v) is 4.38. The molecule has 1 aliphatic heterocycles. The topological polar surface area (TPSA) is 84.9 Å². The van der Waals surface area contributed by atoms with E-state index in [1.54, 1.807) is 36.4 Å². The van der Waals surface area contributed by atoms with Crippen LogP contribution in [0, 0.1) is 3.57 Å². The van der Waals surface area contributed by atoms with Gasteiger partial charge >= 0.3 is 6.03 Å². The van der Waals surface area contributed by atoms with Gasteiger partial charge in [0.25, 0.3) is 11.8 Å². The first-order chi connectivity index (χ1) is 16.8. The molecule has 10 heteroatoms. The highest BCUT2D eigenvalue weighted by molar-refractivity contribution is 14.1. The smallest absolute Gasteiger partial charge is 0.335 e. The molecule has 0 spiro atoms. The minimum Gasteiger partial charge on any atom is -0.493 e. The number of hydrogen-bond donors (Lipinski definition) is 1. The molecule has 1 N–H and O–H groups in total. The second-order valence-corrected chi connectivity index (χ2v) is 9.42. The van der Waals surface area contributed by atoms with Crippen LogP contribution < -0.4 is 19.7 Å². The molecule has 1 heterocycles. The molecule has 178 valence electrons. The summed E-state index contributed by atoms with van der Waals surface area (Å²) in [6.45, 7) is 0.295. The van der Waals surface area contributed by atoms with Gasteiger partial charge in [-0.2, -0.15) is 0 Å². The van der Waals surface area contributed by atoms with Gasteiger partial charge < -0.3 is 9.47 Å². The number of methoxy groups -OCH3 is 1. The number of benzene rings is 3. The first-order valence-corrected chi connectivity index (χ1v) is 12.0. The maximum atomic E-state index is 13.1. The molecule has 0 aromatic heterocycles. The summed E-state index contributed by atoms with van der Waals surface area (Å²) in [6.07, 6.45) is 1.40. The zero-order valence-corrected chi connectivity index (χ0v) is 21.8. The number of hydrogen-bond acceptors (Lipinski definition) is 5. The largest absolute Gasteiger partial charge is 0.493 e. The number of halogens is 3. The van der Waals surface area contributed by atoms with Crippen LogP contribution in [0.5, 0.6) is 11.5 Å². The summed E-state index contributed by atoms with van der Waals surface area (Å²) < 4.78 is 12.2. The molecule has 0 radical (unpaired) electrons. The number of urea groups is 1. The van der Waals surface area contributed by atoms with E-state index in [9.17, 15) is 14.4 Å². The van der Waals surface area contributed by atoms with Crippen molar-refractivity contribution in [3.8, 4) is 11.5 Å². The lowest BCUT2D eigenvalue weighted by Crippen LogP contribution is -2.54. The number of imide groups is 2. The molecule has 1 fully saturated rings. The highest BCUT2D eigenvalue weighted by atomic mass is 127. The monoisotopic (exact) mass is 622 g/mol. The van der Waals surface area contributed by atoms with Crippen LogP contribution in [0.1, 0.15) is 11.1 Å². The SMILES string of the molecule is COc1cc(C=C2C(=O)NC(=O)N(c3ccc(Cl)cc3)C2=O)cc(I)c1OCc1ccc(Cl)cc1. The van der Waals surface area contributed by atoms with Gasteiger partial charge in [0.1, 0.15) is 12.2 Å². The Kier molecular flexibility index (Phi) is 7.63. The van der Waals surface area contributed by atoms with Gasteiger partial charge in [0.15, 0.2) is 11.5 Å². The van der Waals surface area contributed by atoms with Crippen molar-refractivity contribution >= 4 is 75.4 Å². The maximum absolute atomic E-state index is 13.1. The summed E-state index contributed by atoms with van der Waals surface area (Å²) in [5.74, 6) is -0.602. The molecule has 0 unspecified atom stereocenters. The van der Waals surface area contributed by atoms with Gasteiger partial charge in [-0.3, -0.25) is 14.9 Å². The molecule has 35 heavy (non-hydrogen) atoms. The lowest BCUT2D eigenvalue weighted by atomic mass is 10.1. The average molecular weight is 623 g/mol. The molecule has 1 aliphatic rings. The third kappa shape index (κ3) is 5.61. The van der Waals surface area contributed by atoms with Crippen molar-refractivity contribution in [1.82, 2.24) is 5.32 Å². The highest BCUT2D eigenvalue weighted by Crippen LogP contribution is 2.35. The van der Waals surface area contributed by atoms with Crippen molar-refractivity contribution in [3.05, 3.63) is 91.0 Å². The van der Waals surface area contributed by atoms with Gasteiger partial charge in [-0.25, -0.2) is 9.69 Å². The van der Waals surface area contributed by atoms with Crippen molar-refractivity contribution in [2.24, 2.45) is 0 Å². The van der Waals surface area contributed by atoms with Gasteiger partial charge in [0.2, 0.25) is 0 Å². The molecular formula is C25H17Cl2IN2O5. The van der Waals surface area contributed by atoms with Crippen LogP contribution in [-0.4, -0.2) is 25.0 Å². The Labute approximate surface area is 224 Å². The Bertz CT molecular complexity index is 1340. The minimum absolute atomic E-state index is 0.202. The van der Waals surface area contributed by atoms with E-state index in [4.69, 9.17) is 32.7 Å². The quantitative estimate of drug-likeness (QED) is 0.212. The number of rotatable bonds is 6. The molecule has 0 saturated carbocycles. The zero-order chi connectivity index (χ0) is 25.1. The molecule has 0 aliphatic carbocycles. The fourth-order valence-electron chi connectivity index (χ4n) is 3.35. The standard InChI is InChI=1S/C25H17Cl2IN2O5/c1-34-21-12-15(11-20(28)22(21)35-13-14-2-4-16(26)5-3-14)10-19-23(31)29-25(33)30(24(19)32)18-8-6-17(27)7-9-18/h2-12H,13H2,1H3,(H,29,31,33). The fraction of sp³-hybridized carbons (Fsp3) is 0.0800.